The van der Waals surface area contributed by atoms with Crippen LogP contribution < -0.4 is 14.8 Å². The Hall–Kier alpha value is -3.52. The van der Waals surface area contributed by atoms with Crippen LogP contribution in [0.2, 0.25) is 0 Å². The predicted octanol–water partition coefficient (Wildman–Crippen LogP) is 4.09. The van der Waals surface area contributed by atoms with Gasteiger partial charge in [0, 0.05) is 18.3 Å². The first-order valence-electron chi connectivity index (χ1n) is 10.2. The van der Waals surface area contributed by atoms with E-state index in [4.69, 9.17) is 9.47 Å². The summed E-state index contributed by atoms with van der Waals surface area (Å²) in [5.41, 5.74) is 3.89. The Morgan fingerprint density at radius 1 is 1.06 bits per heavy atom. The number of aromatic nitrogens is 3. The summed E-state index contributed by atoms with van der Waals surface area (Å²) in [5, 5.41) is 3.74. The predicted molar refractivity (Wildman–Crippen MR) is 126 cm³/mol. The third-order valence-electron chi connectivity index (χ3n) is 4.93. The van der Waals surface area contributed by atoms with Gasteiger partial charge in [0.2, 0.25) is 5.91 Å². The van der Waals surface area contributed by atoms with Crippen LogP contribution in [0, 0.1) is 0 Å². The molecule has 2 aromatic heterocycles. The first-order valence-corrected chi connectivity index (χ1v) is 11.2. The Labute approximate surface area is 190 Å². The van der Waals surface area contributed by atoms with E-state index in [-0.39, 0.29) is 5.91 Å². The van der Waals surface area contributed by atoms with Crippen LogP contribution in [-0.4, -0.2) is 47.4 Å². The third kappa shape index (κ3) is 5.20. The van der Waals surface area contributed by atoms with Gasteiger partial charge in [-0.2, -0.15) is 0 Å². The number of H-pyrrole nitrogens is 1. The monoisotopic (exact) mass is 448 g/mol. The summed E-state index contributed by atoms with van der Waals surface area (Å²) in [6.45, 7) is 0.549. The lowest BCUT2D eigenvalue weighted by molar-refractivity contribution is -0.118. The van der Waals surface area contributed by atoms with Crippen molar-refractivity contribution in [2.24, 2.45) is 0 Å². The number of thioether (sulfide) groups is 1. The van der Waals surface area contributed by atoms with Crippen molar-refractivity contribution in [1.29, 1.82) is 0 Å². The molecule has 1 amide bonds. The summed E-state index contributed by atoms with van der Waals surface area (Å²) in [4.78, 5) is 24.5. The van der Waals surface area contributed by atoms with Crippen LogP contribution in [0.5, 0.6) is 11.5 Å². The molecule has 4 aromatic rings. The van der Waals surface area contributed by atoms with E-state index in [9.17, 15) is 4.79 Å². The Morgan fingerprint density at radius 2 is 1.91 bits per heavy atom. The largest absolute Gasteiger partial charge is 0.493 e. The molecular formula is C24H24N4O3S. The van der Waals surface area contributed by atoms with Gasteiger partial charge in [-0.05, 0) is 48.4 Å². The number of nitrogens with zero attached hydrogens (tertiary/aromatic N) is 2. The number of amides is 1. The highest BCUT2D eigenvalue weighted by molar-refractivity contribution is 7.99. The molecule has 7 nitrogen and oxygen atoms in total. The fraction of sp³-hybridized carbons (Fsp3) is 0.208. The Kier molecular flexibility index (Phi) is 6.91. The average Bonchev–Trinajstić information content (AvgIpc) is 3.27. The smallest absolute Gasteiger partial charge is 0.230 e. The minimum atomic E-state index is -0.0290. The SMILES string of the molecule is COc1ccc(CCNC(=O)CSc2ccc(-c3nc4ccccc4[nH]3)cn2)cc1OC. The van der Waals surface area contributed by atoms with Gasteiger partial charge in [0.1, 0.15) is 5.82 Å². The lowest BCUT2D eigenvalue weighted by atomic mass is 10.1. The van der Waals surface area contributed by atoms with E-state index >= 15 is 0 Å². The summed E-state index contributed by atoms with van der Waals surface area (Å²) in [6.07, 6.45) is 2.48. The molecule has 164 valence electrons. The van der Waals surface area contributed by atoms with Gasteiger partial charge >= 0.3 is 0 Å². The molecule has 2 N–H and O–H groups in total. The molecule has 2 heterocycles. The summed E-state index contributed by atoms with van der Waals surface area (Å²) in [7, 11) is 3.22. The van der Waals surface area contributed by atoms with Gasteiger partial charge in [-0.15, -0.1) is 0 Å². The number of nitrogens with one attached hydrogen (secondary N) is 2. The van der Waals surface area contributed by atoms with Gasteiger partial charge in [0.15, 0.2) is 11.5 Å². The van der Waals surface area contributed by atoms with E-state index in [1.807, 2.05) is 54.6 Å². The Bertz CT molecular complexity index is 1170. The van der Waals surface area contributed by atoms with Crippen LogP contribution in [0.25, 0.3) is 22.4 Å². The first kappa shape index (κ1) is 21.7. The molecule has 0 aliphatic heterocycles. The van der Waals surface area contributed by atoms with Crippen LogP contribution in [-0.2, 0) is 11.2 Å². The number of methoxy groups -OCH3 is 2. The standard InChI is InChI=1S/C24H24N4O3S/c1-30-20-9-7-16(13-21(20)31-2)11-12-25-22(29)15-32-23-10-8-17(14-26-23)24-27-18-5-3-4-6-19(18)28-24/h3-10,13-14H,11-12,15H2,1-2H3,(H,25,29)(H,27,28). The van der Waals surface area contributed by atoms with E-state index in [1.165, 1.54) is 11.8 Å². The van der Waals surface area contributed by atoms with Gasteiger partial charge in [0.05, 0.1) is 36.0 Å². The van der Waals surface area contributed by atoms with Crippen molar-refractivity contribution >= 4 is 28.7 Å². The van der Waals surface area contributed by atoms with Crippen LogP contribution in [0.1, 0.15) is 5.56 Å². The zero-order chi connectivity index (χ0) is 22.3. The second-order valence-electron chi connectivity index (χ2n) is 7.07. The minimum absolute atomic E-state index is 0.0290. The molecule has 0 radical (unpaired) electrons. The number of benzene rings is 2. The molecule has 0 unspecified atom stereocenters. The molecule has 8 heteroatoms. The number of carbonyl (C=O) groups excluding carboxylic acids is 1. The van der Waals surface area contributed by atoms with Gasteiger partial charge in [0.25, 0.3) is 0 Å². The lowest BCUT2D eigenvalue weighted by Crippen LogP contribution is -2.27. The zero-order valence-corrected chi connectivity index (χ0v) is 18.7. The molecule has 0 bridgehead atoms. The van der Waals surface area contributed by atoms with E-state index in [0.29, 0.717) is 30.2 Å². The first-order chi connectivity index (χ1) is 15.7. The maximum absolute atomic E-state index is 12.2. The Balaban J connectivity index is 1.25. The van der Waals surface area contributed by atoms with Crippen LogP contribution in [0.3, 0.4) is 0 Å². The number of aromatic amines is 1. The van der Waals surface area contributed by atoms with Crippen LogP contribution >= 0.6 is 11.8 Å². The van der Waals surface area contributed by atoms with E-state index < -0.39 is 0 Å². The second-order valence-corrected chi connectivity index (χ2v) is 8.06. The highest BCUT2D eigenvalue weighted by atomic mass is 32.2. The number of ether oxygens (including phenoxy) is 2. The molecule has 32 heavy (non-hydrogen) atoms. The van der Waals surface area contributed by atoms with Crippen LogP contribution in [0.15, 0.2) is 65.8 Å². The normalized spacial score (nSPS) is 10.8. The number of hydrogen-bond acceptors (Lipinski definition) is 6. The summed E-state index contributed by atoms with van der Waals surface area (Å²) in [5.74, 6) is 2.43. The zero-order valence-electron chi connectivity index (χ0n) is 17.9. The molecule has 4 rings (SSSR count). The van der Waals surface area contributed by atoms with E-state index in [0.717, 1.165) is 33.0 Å². The number of imidazole rings is 1. The van der Waals surface area contributed by atoms with Gasteiger partial charge in [-0.3, -0.25) is 4.79 Å². The molecule has 0 aliphatic carbocycles. The summed E-state index contributed by atoms with van der Waals surface area (Å²) >= 11 is 1.40. The number of hydrogen-bond donors (Lipinski definition) is 2. The molecule has 0 fully saturated rings. The van der Waals surface area contributed by atoms with Crippen molar-refractivity contribution in [3.05, 3.63) is 66.4 Å². The van der Waals surface area contributed by atoms with Gasteiger partial charge in [-0.25, -0.2) is 9.97 Å². The highest BCUT2D eigenvalue weighted by Crippen LogP contribution is 2.27. The topological polar surface area (TPSA) is 89.1 Å². The fourth-order valence-electron chi connectivity index (χ4n) is 3.27. The minimum Gasteiger partial charge on any atom is -0.493 e. The maximum atomic E-state index is 12.2. The number of pyridine rings is 1. The Morgan fingerprint density at radius 3 is 2.66 bits per heavy atom. The summed E-state index contributed by atoms with van der Waals surface area (Å²) in [6, 6.07) is 17.5. The quantitative estimate of drug-likeness (QED) is 0.375. The van der Waals surface area contributed by atoms with Gasteiger partial charge in [-0.1, -0.05) is 30.0 Å². The van der Waals surface area contributed by atoms with Crippen molar-refractivity contribution in [2.75, 3.05) is 26.5 Å². The molecule has 2 aromatic carbocycles. The summed E-state index contributed by atoms with van der Waals surface area (Å²) < 4.78 is 10.6. The van der Waals surface area contributed by atoms with E-state index in [2.05, 4.69) is 20.3 Å². The van der Waals surface area contributed by atoms with Crippen molar-refractivity contribution in [3.63, 3.8) is 0 Å². The molecule has 0 saturated carbocycles. The van der Waals surface area contributed by atoms with Crippen molar-refractivity contribution in [2.45, 2.75) is 11.4 Å². The molecule has 0 aliphatic rings. The number of para-hydroxylation sites is 2. The van der Waals surface area contributed by atoms with Gasteiger partial charge < -0.3 is 19.8 Å². The molecular weight excluding hydrogens is 424 g/mol. The van der Waals surface area contributed by atoms with Crippen molar-refractivity contribution in [3.8, 4) is 22.9 Å². The fourth-order valence-corrected chi connectivity index (χ4v) is 3.94. The highest BCUT2D eigenvalue weighted by Gasteiger charge is 2.08. The average molecular weight is 449 g/mol. The van der Waals surface area contributed by atoms with Crippen molar-refractivity contribution in [1.82, 2.24) is 20.3 Å². The van der Waals surface area contributed by atoms with E-state index in [1.54, 1.807) is 20.4 Å². The molecule has 0 spiro atoms. The number of fused-ring (bicyclic) bond motifs is 1. The van der Waals surface area contributed by atoms with Crippen LogP contribution in [0.4, 0.5) is 0 Å². The lowest BCUT2D eigenvalue weighted by Gasteiger charge is -2.10. The maximum Gasteiger partial charge on any atom is 0.230 e. The van der Waals surface area contributed by atoms with Crippen molar-refractivity contribution < 1.29 is 14.3 Å². The second kappa shape index (κ2) is 10.2. The number of rotatable bonds is 9. The third-order valence-corrected chi connectivity index (χ3v) is 5.88. The molecule has 0 atom stereocenters. The molecule has 0 saturated heterocycles. The number of carbonyl (C=O) groups is 1.